The number of methoxy groups -OCH3 is 1. The van der Waals surface area contributed by atoms with Crippen molar-refractivity contribution in [1.29, 1.82) is 0 Å². The van der Waals surface area contributed by atoms with Gasteiger partial charge in [-0.25, -0.2) is 0 Å². The van der Waals surface area contributed by atoms with Crippen LogP contribution >= 0.6 is 0 Å². The molecule has 240 valence electrons. The van der Waals surface area contributed by atoms with E-state index in [1.165, 1.54) is 11.1 Å². The second kappa shape index (κ2) is 15.1. The van der Waals surface area contributed by atoms with Gasteiger partial charge in [0.2, 0.25) is 0 Å². The van der Waals surface area contributed by atoms with Crippen LogP contribution in [0.4, 0.5) is 0 Å². The highest BCUT2D eigenvalue weighted by Crippen LogP contribution is 2.42. The van der Waals surface area contributed by atoms with Gasteiger partial charge in [-0.15, -0.1) is 0 Å². The fourth-order valence-corrected chi connectivity index (χ4v) is 6.76. The molecule has 3 atom stereocenters. The van der Waals surface area contributed by atoms with Crippen LogP contribution < -0.4 is 9.47 Å². The van der Waals surface area contributed by atoms with E-state index in [0.717, 1.165) is 54.9 Å². The van der Waals surface area contributed by atoms with Crippen LogP contribution in [0.25, 0.3) is 0 Å². The molecule has 45 heavy (non-hydrogen) atoms. The van der Waals surface area contributed by atoms with Crippen molar-refractivity contribution in [3.63, 3.8) is 0 Å². The van der Waals surface area contributed by atoms with Crippen molar-refractivity contribution < 1.29 is 19.0 Å². The highest BCUT2D eigenvalue weighted by atomic mass is 16.5. The van der Waals surface area contributed by atoms with Gasteiger partial charge in [0, 0.05) is 41.8 Å². The molecule has 7 heteroatoms. The van der Waals surface area contributed by atoms with E-state index < -0.39 is 0 Å². The Morgan fingerprint density at radius 3 is 2.49 bits per heavy atom. The SMILES string of the molecule is CCOc1cc2c(cc1OC)C(c1ccc(C(=O)N(C(C)C)[C@@H](C)COCCCc3ccccc3)cc1)=N[C@@H]1CCN(C)C[C@H]21. The molecule has 3 aromatic carbocycles. The normalized spacial score (nSPS) is 18.5. The van der Waals surface area contributed by atoms with Gasteiger partial charge in [0.1, 0.15) is 0 Å². The lowest BCUT2D eigenvalue weighted by Crippen LogP contribution is -2.45. The van der Waals surface area contributed by atoms with Gasteiger partial charge >= 0.3 is 0 Å². The molecule has 7 nitrogen and oxygen atoms in total. The number of rotatable bonds is 13. The van der Waals surface area contributed by atoms with Crippen LogP contribution in [0.15, 0.2) is 71.7 Å². The van der Waals surface area contributed by atoms with Gasteiger partial charge < -0.3 is 24.0 Å². The van der Waals surface area contributed by atoms with Crippen molar-refractivity contribution >= 4 is 11.6 Å². The quantitative estimate of drug-likeness (QED) is 0.203. The molecule has 0 N–H and O–H groups in total. The molecule has 1 fully saturated rings. The molecule has 2 aliphatic heterocycles. The number of carbonyl (C=O) groups excluding carboxylic acids is 1. The number of hydrogen-bond acceptors (Lipinski definition) is 6. The van der Waals surface area contributed by atoms with Crippen molar-refractivity contribution in [3.05, 3.63) is 94.5 Å². The number of aliphatic imine (C=N–C) groups is 1. The van der Waals surface area contributed by atoms with Gasteiger partial charge in [-0.3, -0.25) is 9.79 Å². The Bertz CT molecular complexity index is 1450. The second-order valence-electron chi connectivity index (χ2n) is 12.6. The number of aryl methyl sites for hydroxylation is 1. The molecule has 0 bridgehead atoms. The Morgan fingerprint density at radius 2 is 1.80 bits per heavy atom. The van der Waals surface area contributed by atoms with Gasteiger partial charge in [-0.1, -0.05) is 42.5 Å². The summed E-state index contributed by atoms with van der Waals surface area (Å²) in [6.07, 6.45) is 2.95. The summed E-state index contributed by atoms with van der Waals surface area (Å²) in [6.45, 7) is 11.9. The summed E-state index contributed by atoms with van der Waals surface area (Å²) < 4.78 is 17.7. The van der Waals surface area contributed by atoms with Crippen LogP contribution in [0, 0.1) is 0 Å². The lowest BCUT2D eigenvalue weighted by Gasteiger charge is -2.39. The van der Waals surface area contributed by atoms with Gasteiger partial charge in [0.25, 0.3) is 5.91 Å². The maximum Gasteiger partial charge on any atom is 0.254 e. The minimum absolute atomic E-state index is 0.0151. The van der Waals surface area contributed by atoms with E-state index in [1.807, 2.05) is 42.2 Å². The molecule has 5 rings (SSSR count). The molecule has 1 saturated heterocycles. The predicted octanol–water partition coefficient (Wildman–Crippen LogP) is 6.62. The first-order chi connectivity index (χ1) is 21.8. The van der Waals surface area contributed by atoms with E-state index in [9.17, 15) is 4.79 Å². The fraction of sp³-hybridized carbons (Fsp3) is 0.474. The van der Waals surface area contributed by atoms with Crippen molar-refractivity contribution in [2.45, 2.75) is 71.0 Å². The molecule has 0 aromatic heterocycles. The number of nitrogens with zero attached hydrogens (tertiary/aromatic N) is 3. The minimum Gasteiger partial charge on any atom is -0.493 e. The number of fused-ring (bicyclic) bond motifs is 3. The third-order valence-electron chi connectivity index (χ3n) is 8.99. The monoisotopic (exact) mass is 611 g/mol. The topological polar surface area (TPSA) is 63.6 Å². The number of piperidine rings is 1. The average Bonchev–Trinajstić information content (AvgIpc) is 3.04. The molecule has 0 saturated carbocycles. The van der Waals surface area contributed by atoms with Gasteiger partial charge in [0.15, 0.2) is 11.5 Å². The zero-order valence-electron chi connectivity index (χ0n) is 27.8. The van der Waals surface area contributed by atoms with E-state index in [1.54, 1.807) is 7.11 Å². The summed E-state index contributed by atoms with van der Waals surface area (Å²) in [6, 6.07) is 22.9. The molecule has 0 spiro atoms. The number of benzene rings is 3. The number of likely N-dealkylation sites (tertiary alicyclic amines) is 1. The number of ether oxygens (including phenoxy) is 3. The van der Waals surface area contributed by atoms with Gasteiger partial charge in [-0.05, 0) is 95.9 Å². The second-order valence-corrected chi connectivity index (χ2v) is 12.6. The molecule has 0 aliphatic carbocycles. The fourth-order valence-electron chi connectivity index (χ4n) is 6.76. The van der Waals surface area contributed by atoms with Crippen LogP contribution in [0.5, 0.6) is 11.5 Å². The largest absolute Gasteiger partial charge is 0.493 e. The average molecular weight is 612 g/mol. The molecule has 3 aromatic rings. The summed E-state index contributed by atoms with van der Waals surface area (Å²) in [7, 11) is 3.86. The summed E-state index contributed by atoms with van der Waals surface area (Å²) in [5, 5.41) is 0. The first-order valence-electron chi connectivity index (χ1n) is 16.5. The molecule has 0 radical (unpaired) electrons. The molecular formula is C38H49N3O4. The lowest BCUT2D eigenvalue weighted by atomic mass is 9.79. The standard InChI is InChI=1S/C38H49N3O4/c1-7-45-36-22-31-32(23-35(36)43-6)37(39-34-19-20-40(5)24-33(31)34)29-15-17-30(18-16-29)38(42)41(26(2)3)27(4)25-44-21-11-14-28-12-9-8-10-13-28/h8-10,12-13,15-18,22-23,26-27,33-34H,7,11,14,19-21,24-25H2,1-6H3/t27-,33+,34+/m0/s1. The molecule has 1 amide bonds. The van der Waals surface area contributed by atoms with E-state index >= 15 is 0 Å². The predicted molar refractivity (Wildman–Crippen MR) is 181 cm³/mol. The van der Waals surface area contributed by atoms with Crippen LogP contribution in [0.1, 0.15) is 79.1 Å². The van der Waals surface area contributed by atoms with Crippen LogP contribution in [0.2, 0.25) is 0 Å². The van der Waals surface area contributed by atoms with Crippen molar-refractivity contribution in [2.24, 2.45) is 4.99 Å². The minimum atomic E-state index is -0.0446. The summed E-state index contributed by atoms with van der Waals surface area (Å²) in [5.74, 6) is 1.80. The Balaban J connectivity index is 1.31. The summed E-state index contributed by atoms with van der Waals surface area (Å²) in [4.78, 5) is 23.4. The smallest absolute Gasteiger partial charge is 0.254 e. The number of likely N-dealkylation sites (N-methyl/N-ethyl adjacent to an activating group) is 1. The third-order valence-corrected chi connectivity index (χ3v) is 8.99. The first kappa shape index (κ1) is 32.7. The maximum absolute atomic E-state index is 13.8. The first-order valence-corrected chi connectivity index (χ1v) is 16.5. The highest BCUT2D eigenvalue weighted by molar-refractivity contribution is 6.15. The summed E-state index contributed by atoms with van der Waals surface area (Å²) >= 11 is 0. The molecule has 2 aliphatic rings. The number of hydrogen-bond donors (Lipinski definition) is 0. The zero-order valence-corrected chi connectivity index (χ0v) is 27.8. The highest BCUT2D eigenvalue weighted by Gasteiger charge is 2.36. The Kier molecular flexibility index (Phi) is 11.0. The molecule has 2 heterocycles. The summed E-state index contributed by atoms with van der Waals surface area (Å²) in [5.41, 5.74) is 6.27. The number of carbonyl (C=O) groups is 1. The van der Waals surface area contributed by atoms with E-state index in [0.29, 0.717) is 37.1 Å². The van der Waals surface area contributed by atoms with Crippen LogP contribution in [-0.4, -0.2) is 86.6 Å². The lowest BCUT2D eigenvalue weighted by molar-refractivity contribution is 0.0376. The Labute approximate surface area is 269 Å². The molecule has 0 unspecified atom stereocenters. The Morgan fingerprint density at radius 1 is 1.04 bits per heavy atom. The van der Waals surface area contributed by atoms with Crippen molar-refractivity contribution in [2.75, 3.05) is 47.1 Å². The van der Waals surface area contributed by atoms with E-state index in [2.05, 4.69) is 69.1 Å². The van der Waals surface area contributed by atoms with Crippen molar-refractivity contribution in [1.82, 2.24) is 9.80 Å². The van der Waals surface area contributed by atoms with E-state index in [-0.39, 0.29) is 24.0 Å². The van der Waals surface area contributed by atoms with Gasteiger partial charge in [0.05, 0.1) is 38.1 Å². The van der Waals surface area contributed by atoms with Crippen LogP contribution in [-0.2, 0) is 11.2 Å². The molecular weight excluding hydrogens is 562 g/mol. The Hall–Kier alpha value is -3.68. The maximum atomic E-state index is 13.8. The zero-order chi connectivity index (χ0) is 31.9. The third kappa shape index (κ3) is 7.59. The van der Waals surface area contributed by atoms with Crippen LogP contribution in [0.3, 0.4) is 0 Å². The van der Waals surface area contributed by atoms with Crippen molar-refractivity contribution in [3.8, 4) is 11.5 Å². The van der Waals surface area contributed by atoms with Gasteiger partial charge in [-0.2, -0.15) is 0 Å². The van der Waals surface area contributed by atoms with E-state index in [4.69, 9.17) is 19.2 Å². The number of amides is 1.